The molecule has 1 aliphatic heterocycles. The number of amidine groups is 1. The number of nitrogens with zero attached hydrogens (tertiary/aromatic N) is 1. The van der Waals surface area contributed by atoms with Crippen LogP contribution in [0.2, 0.25) is 0 Å². The summed E-state index contributed by atoms with van der Waals surface area (Å²) in [5.41, 5.74) is 5.92. The zero-order valence-corrected chi connectivity index (χ0v) is 10.6. The summed E-state index contributed by atoms with van der Waals surface area (Å²) < 4.78 is 0. The molecule has 0 radical (unpaired) electrons. The van der Waals surface area contributed by atoms with Gasteiger partial charge in [0, 0.05) is 19.5 Å². The van der Waals surface area contributed by atoms with Crippen LogP contribution in [0.5, 0.6) is 0 Å². The first-order valence-corrected chi connectivity index (χ1v) is 6.56. The third-order valence-electron chi connectivity index (χ3n) is 4.50. The van der Waals surface area contributed by atoms with E-state index in [1.807, 2.05) is 0 Å². The summed E-state index contributed by atoms with van der Waals surface area (Å²) in [6, 6.07) is 0. The van der Waals surface area contributed by atoms with Gasteiger partial charge >= 0.3 is 0 Å². The molecule has 0 spiro atoms. The summed E-state index contributed by atoms with van der Waals surface area (Å²) in [6.45, 7) is 8.38. The highest BCUT2D eigenvalue weighted by molar-refractivity contribution is 5.78. The van der Waals surface area contributed by atoms with Gasteiger partial charge in [-0.25, -0.2) is 0 Å². The van der Waals surface area contributed by atoms with Crippen LogP contribution in [-0.2, 0) is 0 Å². The van der Waals surface area contributed by atoms with Gasteiger partial charge in [-0.05, 0) is 43.1 Å². The van der Waals surface area contributed by atoms with Crippen LogP contribution in [0.25, 0.3) is 0 Å². The summed E-state index contributed by atoms with van der Waals surface area (Å²) in [5.74, 6) is 2.07. The Morgan fingerprint density at radius 3 is 2.56 bits per heavy atom. The molecular formula is C13H25N3. The average molecular weight is 223 g/mol. The molecular weight excluding hydrogens is 198 g/mol. The van der Waals surface area contributed by atoms with Crippen LogP contribution in [0, 0.1) is 22.7 Å². The van der Waals surface area contributed by atoms with Crippen molar-refractivity contribution in [3.05, 3.63) is 0 Å². The lowest BCUT2D eigenvalue weighted by molar-refractivity contribution is 0.116. The largest absolute Gasteiger partial charge is 0.388 e. The molecule has 1 saturated carbocycles. The number of hydrogen-bond acceptors (Lipinski definition) is 2. The second-order valence-corrected chi connectivity index (χ2v) is 6.18. The molecule has 2 fully saturated rings. The quantitative estimate of drug-likeness (QED) is 0.566. The van der Waals surface area contributed by atoms with Crippen molar-refractivity contribution >= 4 is 5.84 Å². The number of piperidine rings is 1. The highest BCUT2D eigenvalue weighted by atomic mass is 15.1. The van der Waals surface area contributed by atoms with Crippen molar-refractivity contribution < 1.29 is 0 Å². The average Bonchev–Trinajstić information content (AvgIpc) is 2.90. The van der Waals surface area contributed by atoms with Gasteiger partial charge in [-0.15, -0.1) is 0 Å². The second-order valence-electron chi connectivity index (χ2n) is 6.18. The second kappa shape index (κ2) is 4.36. The fraction of sp³-hybridized carbons (Fsp3) is 0.923. The summed E-state index contributed by atoms with van der Waals surface area (Å²) >= 11 is 0. The third-order valence-corrected chi connectivity index (χ3v) is 4.50. The molecule has 1 heterocycles. The zero-order valence-electron chi connectivity index (χ0n) is 10.6. The molecule has 2 aliphatic rings. The number of nitrogens with one attached hydrogen (secondary N) is 1. The van der Waals surface area contributed by atoms with Crippen LogP contribution < -0.4 is 5.73 Å². The molecule has 3 heteroatoms. The zero-order chi connectivity index (χ0) is 11.8. The molecule has 92 valence electrons. The van der Waals surface area contributed by atoms with E-state index in [4.69, 9.17) is 11.1 Å². The van der Waals surface area contributed by atoms with Crippen molar-refractivity contribution in [3.8, 4) is 0 Å². The maximum Gasteiger partial charge on any atom is 0.0911 e. The minimum absolute atomic E-state index is 0.371. The first-order valence-electron chi connectivity index (χ1n) is 6.56. The molecule has 1 saturated heterocycles. The van der Waals surface area contributed by atoms with Crippen molar-refractivity contribution in [2.75, 3.05) is 19.6 Å². The van der Waals surface area contributed by atoms with Crippen molar-refractivity contribution in [2.24, 2.45) is 23.0 Å². The summed E-state index contributed by atoms with van der Waals surface area (Å²) in [4.78, 5) is 2.60. The van der Waals surface area contributed by atoms with Crippen molar-refractivity contribution in [2.45, 2.75) is 39.5 Å². The standard InChI is InChI=1S/C13H25N3/c1-10-3-6-16(8-11(10)2)9-13(4-5-13)7-12(14)15/h10-11H,3-9H2,1-2H3,(H3,14,15). The first-order chi connectivity index (χ1) is 7.51. The molecule has 0 amide bonds. The summed E-state index contributed by atoms with van der Waals surface area (Å²) in [7, 11) is 0. The van der Waals surface area contributed by atoms with E-state index < -0.39 is 0 Å². The van der Waals surface area contributed by atoms with E-state index in [9.17, 15) is 0 Å². The topological polar surface area (TPSA) is 53.1 Å². The third kappa shape index (κ3) is 2.76. The normalized spacial score (nSPS) is 33.6. The predicted octanol–water partition coefficient (Wildman–Crippen LogP) is 2.07. The van der Waals surface area contributed by atoms with Crippen LogP contribution in [0.15, 0.2) is 0 Å². The van der Waals surface area contributed by atoms with Crippen LogP contribution in [0.1, 0.15) is 39.5 Å². The maximum absolute atomic E-state index is 7.44. The predicted molar refractivity (Wildman–Crippen MR) is 67.6 cm³/mol. The summed E-state index contributed by atoms with van der Waals surface area (Å²) in [5, 5.41) is 7.44. The maximum atomic E-state index is 7.44. The van der Waals surface area contributed by atoms with Gasteiger partial charge < -0.3 is 10.6 Å². The highest BCUT2D eigenvalue weighted by Crippen LogP contribution is 2.49. The van der Waals surface area contributed by atoms with Gasteiger partial charge in [0.1, 0.15) is 0 Å². The van der Waals surface area contributed by atoms with Gasteiger partial charge in [-0.3, -0.25) is 5.41 Å². The van der Waals surface area contributed by atoms with E-state index in [0.717, 1.165) is 18.3 Å². The Morgan fingerprint density at radius 1 is 1.38 bits per heavy atom. The van der Waals surface area contributed by atoms with Gasteiger partial charge in [0.05, 0.1) is 5.84 Å². The molecule has 16 heavy (non-hydrogen) atoms. The van der Waals surface area contributed by atoms with E-state index in [-0.39, 0.29) is 0 Å². The first kappa shape index (κ1) is 11.9. The Labute approximate surface area is 98.9 Å². The van der Waals surface area contributed by atoms with Gasteiger partial charge in [-0.1, -0.05) is 13.8 Å². The van der Waals surface area contributed by atoms with Gasteiger partial charge in [-0.2, -0.15) is 0 Å². The smallest absolute Gasteiger partial charge is 0.0911 e. The van der Waals surface area contributed by atoms with E-state index >= 15 is 0 Å². The Kier molecular flexibility index (Phi) is 3.24. The van der Waals surface area contributed by atoms with Gasteiger partial charge in [0.15, 0.2) is 0 Å². The lowest BCUT2D eigenvalue weighted by atomic mass is 9.87. The van der Waals surface area contributed by atoms with Crippen molar-refractivity contribution in [1.29, 1.82) is 5.41 Å². The molecule has 3 N–H and O–H groups in total. The fourth-order valence-electron chi connectivity index (χ4n) is 2.94. The lowest BCUT2D eigenvalue weighted by Crippen LogP contribution is -2.42. The highest BCUT2D eigenvalue weighted by Gasteiger charge is 2.44. The molecule has 2 rings (SSSR count). The van der Waals surface area contributed by atoms with E-state index in [1.165, 1.54) is 38.9 Å². The SMILES string of the molecule is CC1CCN(CC2(CC(=N)N)CC2)CC1C. The Balaban J connectivity index is 1.84. The van der Waals surface area contributed by atoms with Crippen LogP contribution in [0.3, 0.4) is 0 Å². The van der Waals surface area contributed by atoms with E-state index in [0.29, 0.717) is 11.3 Å². The van der Waals surface area contributed by atoms with Crippen molar-refractivity contribution in [3.63, 3.8) is 0 Å². The van der Waals surface area contributed by atoms with Crippen LogP contribution in [-0.4, -0.2) is 30.4 Å². The Morgan fingerprint density at radius 2 is 2.06 bits per heavy atom. The number of nitrogens with two attached hydrogens (primary N) is 1. The molecule has 2 atom stereocenters. The lowest BCUT2D eigenvalue weighted by Gasteiger charge is -2.37. The molecule has 2 unspecified atom stereocenters. The van der Waals surface area contributed by atoms with Crippen LogP contribution in [0.4, 0.5) is 0 Å². The minimum atomic E-state index is 0.371. The molecule has 1 aliphatic carbocycles. The number of likely N-dealkylation sites (tertiary alicyclic amines) is 1. The molecule has 0 aromatic rings. The Hall–Kier alpha value is -0.570. The van der Waals surface area contributed by atoms with Gasteiger partial charge in [0.2, 0.25) is 0 Å². The minimum Gasteiger partial charge on any atom is -0.388 e. The fourth-order valence-corrected chi connectivity index (χ4v) is 2.94. The number of hydrogen-bond donors (Lipinski definition) is 2. The molecule has 0 aromatic heterocycles. The van der Waals surface area contributed by atoms with E-state index in [2.05, 4.69) is 18.7 Å². The molecule has 3 nitrogen and oxygen atoms in total. The van der Waals surface area contributed by atoms with Gasteiger partial charge in [0.25, 0.3) is 0 Å². The van der Waals surface area contributed by atoms with Crippen molar-refractivity contribution in [1.82, 2.24) is 4.90 Å². The Bertz CT molecular complexity index is 270. The van der Waals surface area contributed by atoms with E-state index in [1.54, 1.807) is 0 Å². The van der Waals surface area contributed by atoms with Crippen LogP contribution >= 0.6 is 0 Å². The molecule has 0 aromatic carbocycles. The monoisotopic (exact) mass is 223 g/mol. The number of rotatable bonds is 4. The molecule has 0 bridgehead atoms. The summed E-state index contributed by atoms with van der Waals surface area (Å²) in [6.07, 6.45) is 4.69.